The van der Waals surface area contributed by atoms with Gasteiger partial charge in [-0.05, 0) is 42.2 Å². The summed E-state index contributed by atoms with van der Waals surface area (Å²) >= 11 is 0. The van der Waals surface area contributed by atoms with Crippen LogP contribution in [0.5, 0.6) is 5.75 Å². The van der Waals surface area contributed by atoms with Gasteiger partial charge in [0, 0.05) is 25.4 Å². The molecule has 0 spiro atoms. The molecule has 2 rings (SSSR count). The molecule has 1 N–H and O–H groups in total. The van der Waals surface area contributed by atoms with E-state index in [-0.39, 0.29) is 5.91 Å². The molecule has 0 radical (unpaired) electrons. The van der Waals surface area contributed by atoms with Crippen LogP contribution in [0.3, 0.4) is 0 Å². The standard InChI is InChI=1S/C17H20N2O2/c1-21-16-9-7-15(8-10-16)13-19-17(20)6-2-4-14-5-3-11-18-12-14/h3,5,7-12H,2,4,6,13H2,1H3,(H,19,20). The van der Waals surface area contributed by atoms with Gasteiger partial charge in [-0.1, -0.05) is 18.2 Å². The monoisotopic (exact) mass is 284 g/mol. The van der Waals surface area contributed by atoms with Gasteiger partial charge in [-0.3, -0.25) is 9.78 Å². The highest BCUT2D eigenvalue weighted by atomic mass is 16.5. The number of amides is 1. The molecule has 0 bridgehead atoms. The van der Waals surface area contributed by atoms with E-state index < -0.39 is 0 Å². The number of benzene rings is 1. The quantitative estimate of drug-likeness (QED) is 0.850. The summed E-state index contributed by atoms with van der Waals surface area (Å²) in [6, 6.07) is 11.6. The molecule has 0 unspecified atom stereocenters. The van der Waals surface area contributed by atoms with Gasteiger partial charge in [0.05, 0.1) is 7.11 Å². The molecule has 0 saturated carbocycles. The van der Waals surface area contributed by atoms with E-state index in [1.54, 1.807) is 13.3 Å². The van der Waals surface area contributed by atoms with Gasteiger partial charge in [-0.25, -0.2) is 0 Å². The van der Waals surface area contributed by atoms with Gasteiger partial charge in [0.15, 0.2) is 0 Å². The van der Waals surface area contributed by atoms with E-state index in [2.05, 4.69) is 10.3 Å². The van der Waals surface area contributed by atoms with E-state index >= 15 is 0 Å². The van der Waals surface area contributed by atoms with Crippen LogP contribution < -0.4 is 10.1 Å². The number of nitrogens with zero attached hydrogens (tertiary/aromatic N) is 1. The zero-order chi connectivity index (χ0) is 14.9. The number of carbonyl (C=O) groups excluding carboxylic acids is 1. The molecule has 2 aromatic rings. The largest absolute Gasteiger partial charge is 0.497 e. The van der Waals surface area contributed by atoms with Crippen molar-refractivity contribution in [1.82, 2.24) is 10.3 Å². The van der Waals surface area contributed by atoms with E-state index in [0.717, 1.165) is 24.2 Å². The second kappa shape index (κ2) is 8.04. The van der Waals surface area contributed by atoms with Gasteiger partial charge in [0.2, 0.25) is 5.91 Å². The second-order valence-electron chi connectivity index (χ2n) is 4.84. The molecule has 0 atom stereocenters. The van der Waals surface area contributed by atoms with Crippen molar-refractivity contribution in [3.05, 3.63) is 59.9 Å². The summed E-state index contributed by atoms with van der Waals surface area (Å²) in [5.41, 5.74) is 2.23. The van der Waals surface area contributed by atoms with Gasteiger partial charge in [-0.2, -0.15) is 0 Å². The second-order valence-corrected chi connectivity index (χ2v) is 4.84. The van der Waals surface area contributed by atoms with Crippen LogP contribution in [0, 0.1) is 0 Å². The Kier molecular flexibility index (Phi) is 5.76. The maximum atomic E-state index is 11.8. The molecule has 1 aromatic carbocycles. The predicted molar refractivity (Wildman–Crippen MR) is 82.0 cm³/mol. The third-order valence-corrected chi connectivity index (χ3v) is 3.24. The number of aryl methyl sites for hydroxylation is 1. The summed E-state index contributed by atoms with van der Waals surface area (Å²) in [4.78, 5) is 15.8. The average Bonchev–Trinajstić information content (AvgIpc) is 2.54. The van der Waals surface area contributed by atoms with Crippen LogP contribution in [0.4, 0.5) is 0 Å². The normalized spacial score (nSPS) is 10.1. The predicted octanol–water partition coefficient (Wildman–Crippen LogP) is 2.73. The lowest BCUT2D eigenvalue weighted by Crippen LogP contribution is -2.22. The number of rotatable bonds is 7. The highest BCUT2D eigenvalue weighted by Crippen LogP contribution is 2.11. The topological polar surface area (TPSA) is 51.2 Å². The number of hydrogen-bond acceptors (Lipinski definition) is 3. The minimum Gasteiger partial charge on any atom is -0.497 e. The van der Waals surface area contributed by atoms with Gasteiger partial charge < -0.3 is 10.1 Å². The molecule has 0 saturated heterocycles. The summed E-state index contributed by atoms with van der Waals surface area (Å²) < 4.78 is 5.10. The molecule has 1 heterocycles. The van der Waals surface area contributed by atoms with E-state index in [0.29, 0.717) is 13.0 Å². The summed E-state index contributed by atoms with van der Waals surface area (Å²) in [6.45, 7) is 0.551. The Bertz CT molecular complexity index is 553. The van der Waals surface area contributed by atoms with Crippen molar-refractivity contribution in [2.75, 3.05) is 7.11 Å². The lowest BCUT2D eigenvalue weighted by atomic mass is 10.1. The number of methoxy groups -OCH3 is 1. The average molecular weight is 284 g/mol. The Morgan fingerprint density at radius 3 is 2.67 bits per heavy atom. The molecule has 0 fully saturated rings. The van der Waals surface area contributed by atoms with Crippen LogP contribution in [0.15, 0.2) is 48.8 Å². The zero-order valence-electron chi connectivity index (χ0n) is 12.2. The minimum absolute atomic E-state index is 0.0784. The molecule has 1 aromatic heterocycles. The van der Waals surface area contributed by atoms with Crippen molar-refractivity contribution >= 4 is 5.91 Å². The maximum Gasteiger partial charge on any atom is 0.220 e. The van der Waals surface area contributed by atoms with Gasteiger partial charge in [0.1, 0.15) is 5.75 Å². The van der Waals surface area contributed by atoms with Crippen molar-refractivity contribution in [3.63, 3.8) is 0 Å². The Labute approximate surface area is 125 Å². The van der Waals surface area contributed by atoms with Gasteiger partial charge >= 0.3 is 0 Å². The van der Waals surface area contributed by atoms with Crippen molar-refractivity contribution < 1.29 is 9.53 Å². The molecular formula is C17H20N2O2. The van der Waals surface area contributed by atoms with E-state index in [1.165, 1.54) is 5.56 Å². The molecule has 0 aliphatic rings. The van der Waals surface area contributed by atoms with E-state index in [4.69, 9.17) is 4.74 Å². The summed E-state index contributed by atoms with van der Waals surface area (Å²) in [6.07, 6.45) is 5.84. The molecule has 110 valence electrons. The van der Waals surface area contributed by atoms with Crippen LogP contribution in [-0.2, 0) is 17.8 Å². The fraction of sp³-hybridized carbons (Fsp3) is 0.294. The SMILES string of the molecule is COc1ccc(CNC(=O)CCCc2cccnc2)cc1. The maximum absolute atomic E-state index is 11.8. The van der Waals surface area contributed by atoms with Crippen LogP contribution in [0.25, 0.3) is 0 Å². The van der Waals surface area contributed by atoms with Crippen LogP contribution in [0.2, 0.25) is 0 Å². The smallest absolute Gasteiger partial charge is 0.220 e. The zero-order valence-corrected chi connectivity index (χ0v) is 12.2. The third kappa shape index (κ3) is 5.26. The third-order valence-electron chi connectivity index (χ3n) is 3.24. The summed E-state index contributed by atoms with van der Waals surface area (Å²) in [5, 5.41) is 2.93. The molecule has 0 aliphatic carbocycles. The van der Waals surface area contributed by atoms with Crippen molar-refractivity contribution in [2.24, 2.45) is 0 Å². The number of nitrogens with one attached hydrogen (secondary N) is 1. The number of aromatic nitrogens is 1. The van der Waals surface area contributed by atoms with Crippen LogP contribution in [-0.4, -0.2) is 18.0 Å². The molecular weight excluding hydrogens is 264 g/mol. The van der Waals surface area contributed by atoms with Gasteiger partial charge in [0.25, 0.3) is 0 Å². The Hall–Kier alpha value is -2.36. The van der Waals surface area contributed by atoms with Gasteiger partial charge in [-0.15, -0.1) is 0 Å². The number of ether oxygens (including phenoxy) is 1. The number of pyridine rings is 1. The first-order valence-corrected chi connectivity index (χ1v) is 7.06. The number of hydrogen-bond donors (Lipinski definition) is 1. The van der Waals surface area contributed by atoms with Crippen molar-refractivity contribution in [2.45, 2.75) is 25.8 Å². The first-order chi connectivity index (χ1) is 10.3. The highest BCUT2D eigenvalue weighted by Gasteiger charge is 2.02. The Balaban J connectivity index is 1.67. The van der Waals surface area contributed by atoms with E-state index in [9.17, 15) is 4.79 Å². The fourth-order valence-corrected chi connectivity index (χ4v) is 2.03. The van der Waals surface area contributed by atoms with Crippen LogP contribution in [0.1, 0.15) is 24.0 Å². The molecule has 1 amide bonds. The molecule has 4 nitrogen and oxygen atoms in total. The molecule has 4 heteroatoms. The first kappa shape index (κ1) is 15.0. The van der Waals surface area contributed by atoms with Crippen molar-refractivity contribution in [1.29, 1.82) is 0 Å². The lowest BCUT2D eigenvalue weighted by Gasteiger charge is -2.06. The van der Waals surface area contributed by atoms with E-state index in [1.807, 2.05) is 42.6 Å². The number of carbonyl (C=O) groups is 1. The van der Waals surface area contributed by atoms with Crippen LogP contribution >= 0.6 is 0 Å². The lowest BCUT2D eigenvalue weighted by molar-refractivity contribution is -0.121. The molecule has 21 heavy (non-hydrogen) atoms. The Morgan fingerprint density at radius 2 is 2.00 bits per heavy atom. The Morgan fingerprint density at radius 1 is 1.19 bits per heavy atom. The highest BCUT2D eigenvalue weighted by molar-refractivity contribution is 5.75. The summed E-state index contributed by atoms with van der Waals surface area (Å²) in [7, 11) is 1.64. The fourth-order valence-electron chi connectivity index (χ4n) is 2.03. The summed E-state index contributed by atoms with van der Waals surface area (Å²) in [5.74, 6) is 0.899. The minimum atomic E-state index is 0.0784. The first-order valence-electron chi connectivity index (χ1n) is 7.06. The van der Waals surface area contributed by atoms with Crippen molar-refractivity contribution in [3.8, 4) is 5.75 Å². The molecule has 0 aliphatic heterocycles.